The maximum Gasteiger partial charge on any atom is 0.143 e. The topological polar surface area (TPSA) is 16.4 Å². The van der Waals surface area contributed by atoms with Crippen molar-refractivity contribution in [1.29, 1.82) is 0 Å². The minimum absolute atomic E-state index is 0.906. The molecule has 11 rings (SSSR count). The summed E-state index contributed by atoms with van der Waals surface area (Å²) in [4.78, 5) is 2.34. The molecular weight excluding hydrogens is 703 g/mol. The Kier molecular flexibility index (Phi) is 8.19. The van der Waals surface area contributed by atoms with Crippen molar-refractivity contribution in [3.05, 3.63) is 224 Å². The van der Waals surface area contributed by atoms with Crippen LogP contribution in [0.3, 0.4) is 0 Å². The standard InChI is InChI=1S/C56H37NO/c1-3-17-48-39(11-1)13-8-20-50(48)41-27-33-46(34-28-41)57(47-35-29-42(30-36-47)52-22-10-23-54-53-19-5-6-24-55(53)58-56(52)54)45-31-25-38(26-32-45)43-15-7-16-44(37-43)51-21-9-14-40-12-2-4-18-49(40)51/h1-37H. The summed E-state index contributed by atoms with van der Waals surface area (Å²) in [6.45, 7) is 0. The highest BCUT2D eigenvalue weighted by Gasteiger charge is 2.17. The van der Waals surface area contributed by atoms with Gasteiger partial charge in [0.05, 0.1) is 0 Å². The van der Waals surface area contributed by atoms with Crippen LogP contribution in [0.1, 0.15) is 0 Å². The van der Waals surface area contributed by atoms with Crippen molar-refractivity contribution < 1.29 is 4.42 Å². The lowest BCUT2D eigenvalue weighted by Gasteiger charge is -2.26. The third kappa shape index (κ3) is 5.91. The van der Waals surface area contributed by atoms with Gasteiger partial charge in [-0.15, -0.1) is 0 Å². The van der Waals surface area contributed by atoms with E-state index in [9.17, 15) is 0 Å². The number of rotatable bonds is 7. The van der Waals surface area contributed by atoms with Crippen molar-refractivity contribution in [2.75, 3.05) is 4.90 Å². The lowest BCUT2D eigenvalue weighted by atomic mass is 9.95. The maximum absolute atomic E-state index is 6.42. The number of benzene rings is 10. The number of para-hydroxylation sites is 2. The van der Waals surface area contributed by atoms with Gasteiger partial charge in [0.1, 0.15) is 11.2 Å². The lowest BCUT2D eigenvalue weighted by Crippen LogP contribution is -2.09. The van der Waals surface area contributed by atoms with Crippen LogP contribution in [0.4, 0.5) is 17.1 Å². The second kappa shape index (κ2) is 14.1. The first-order valence-corrected chi connectivity index (χ1v) is 19.8. The monoisotopic (exact) mass is 739 g/mol. The number of anilines is 3. The fourth-order valence-electron chi connectivity index (χ4n) is 8.63. The van der Waals surface area contributed by atoms with Gasteiger partial charge in [-0.1, -0.05) is 176 Å². The van der Waals surface area contributed by atoms with Gasteiger partial charge in [-0.2, -0.15) is 0 Å². The number of nitrogens with zero attached hydrogens (tertiary/aromatic N) is 1. The molecule has 0 spiro atoms. The SMILES string of the molecule is c1cc(-c2ccc(N(c3ccc(-c4cccc5ccccc45)cc3)c3ccc(-c4cccc5c4oc4ccccc45)cc3)cc2)cc(-c2cccc3ccccc23)c1. The molecule has 58 heavy (non-hydrogen) atoms. The molecular formula is C56H37NO. The molecule has 0 amide bonds. The molecule has 0 aliphatic carbocycles. The van der Waals surface area contributed by atoms with Crippen LogP contribution in [0.5, 0.6) is 0 Å². The van der Waals surface area contributed by atoms with E-state index in [0.29, 0.717) is 0 Å². The van der Waals surface area contributed by atoms with Crippen LogP contribution in [-0.2, 0) is 0 Å². The van der Waals surface area contributed by atoms with Gasteiger partial charge >= 0.3 is 0 Å². The predicted molar refractivity (Wildman–Crippen MR) is 245 cm³/mol. The molecule has 0 unspecified atom stereocenters. The summed E-state index contributed by atoms with van der Waals surface area (Å²) in [6, 6.07) is 80.6. The fourth-order valence-corrected chi connectivity index (χ4v) is 8.63. The molecule has 0 N–H and O–H groups in total. The first kappa shape index (κ1) is 33.6. The molecule has 0 bridgehead atoms. The average molecular weight is 740 g/mol. The Morgan fingerprint density at radius 3 is 1.34 bits per heavy atom. The minimum Gasteiger partial charge on any atom is -0.455 e. The molecule has 2 nitrogen and oxygen atoms in total. The Balaban J connectivity index is 0.978. The van der Waals surface area contributed by atoms with E-state index in [1.165, 1.54) is 54.9 Å². The van der Waals surface area contributed by atoms with Crippen molar-refractivity contribution in [2.24, 2.45) is 0 Å². The van der Waals surface area contributed by atoms with Crippen LogP contribution in [0.25, 0.3) is 88.0 Å². The fraction of sp³-hybridized carbons (Fsp3) is 0. The molecule has 0 atom stereocenters. The average Bonchev–Trinajstić information content (AvgIpc) is 3.69. The molecule has 1 heterocycles. The van der Waals surface area contributed by atoms with Crippen molar-refractivity contribution in [3.63, 3.8) is 0 Å². The number of furan rings is 1. The van der Waals surface area contributed by atoms with Gasteiger partial charge in [-0.25, -0.2) is 0 Å². The van der Waals surface area contributed by atoms with Crippen molar-refractivity contribution in [3.8, 4) is 44.5 Å². The second-order valence-electron chi connectivity index (χ2n) is 14.9. The Morgan fingerprint density at radius 1 is 0.276 bits per heavy atom. The normalized spacial score (nSPS) is 11.4. The van der Waals surface area contributed by atoms with Crippen LogP contribution in [0, 0.1) is 0 Å². The van der Waals surface area contributed by atoms with E-state index in [1.54, 1.807) is 0 Å². The van der Waals surface area contributed by atoms with Gasteiger partial charge < -0.3 is 9.32 Å². The van der Waals surface area contributed by atoms with Gasteiger partial charge in [0.2, 0.25) is 0 Å². The quantitative estimate of drug-likeness (QED) is 0.162. The first-order valence-electron chi connectivity index (χ1n) is 19.8. The zero-order valence-electron chi connectivity index (χ0n) is 31.7. The molecule has 2 heteroatoms. The van der Waals surface area contributed by atoms with E-state index in [2.05, 4.69) is 217 Å². The zero-order valence-corrected chi connectivity index (χ0v) is 31.7. The molecule has 0 radical (unpaired) electrons. The van der Waals surface area contributed by atoms with E-state index in [4.69, 9.17) is 4.42 Å². The van der Waals surface area contributed by atoms with Crippen LogP contribution in [0.2, 0.25) is 0 Å². The number of hydrogen-bond donors (Lipinski definition) is 0. The highest BCUT2D eigenvalue weighted by atomic mass is 16.3. The van der Waals surface area contributed by atoms with Gasteiger partial charge in [0.15, 0.2) is 0 Å². The van der Waals surface area contributed by atoms with Crippen LogP contribution in [0.15, 0.2) is 229 Å². The predicted octanol–water partition coefficient (Wildman–Crippen LogP) is 16.0. The van der Waals surface area contributed by atoms with Crippen LogP contribution in [-0.4, -0.2) is 0 Å². The summed E-state index contributed by atoms with van der Waals surface area (Å²) < 4.78 is 6.42. The Bertz CT molecular complexity index is 3250. The first-order chi connectivity index (χ1) is 28.7. The molecule has 0 fully saturated rings. The van der Waals surface area contributed by atoms with E-state index in [0.717, 1.165) is 50.1 Å². The third-order valence-electron chi connectivity index (χ3n) is 11.5. The van der Waals surface area contributed by atoms with Crippen LogP contribution >= 0.6 is 0 Å². The van der Waals surface area contributed by atoms with Crippen LogP contribution < -0.4 is 4.90 Å². The van der Waals surface area contributed by atoms with Gasteiger partial charge in [-0.3, -0.25) is 0 Å². The maximum atomic E-state index is 6.42. The highest BCUT2D eigenvalue weighted by Crippen LogP contribution is 2.41. The van der Waals surface area contributed by atoms with Gasteiger partial charge in [0.25, 0.3) is 0 Å². The molecule has 0 saturated carbocycles. The molecule has 10 aromatic carbocycles. The number of hydrogen-bond acceptors (Lipinski definition) is 2. The lowest BCUT2D eigenvalue weighted by molar-refractivity contribution is 0.670. The summed E-state index contributed by atoms with van der Waals surface area (Å²) in [5, 5.41) is 7.28. The molecule has 0 saturated heterocycles. The molecule has 0 aliphatic heterocycles. The Labute approximate surface area is 337 Å². The summed E-state index contributed by atoms with van der Waals surface area (Å²) in [7, 11) is 0. The van der Waals surface area contributed by atoms with Crippen molar-refractivity contribution >= 4 is 60.5 Å². The number of fused-ring (bicyclic) bond motifs is 5. The zero-order chi connectivity index (χ0) is 38.4. The molecule has 0 aliphatic rings. The highest BCUT2D eigenvalue weighted by molar-refractivity contribution is 6.09. The van der Waals surface area contributed by atoms with E-state index in [-0.39, 0.29) is 0 Å². The van der Waals surface area contributed by atoms with Crippen molar-refractivity contribution in [1.82, 2.24) is 0 Å². The smallest absolute Gasteiger partial charge is 0.143 e. The van der Waals surface area contributed by atoms with Gasteiger partial charge in [-0.05, 0) is 109 Å². The van der Waals surface area contributed by atoms with Gasteiger partial charge in [0, 0.05) is 33.4 Å². The third-order valence-corrected chi connectivity index (χ3v) is 11.5. The summed E-state index contributed by atoms with van der Waals surface area (Å²) in [5.74, 6) is 0. The second-order valence-corrected chi connectivity index (χ2v) is 14.9. The Morgan fingerprint density at radius 2 is 0.707 bits per heavy atom. The summed E-state index contributed by atoms with van der Waals surface area (Å²) in [5.41, 5.74) is 14.5. The molecule has 1 aromatic heterocycles. The summed E-state index contributed by atoms with van der Waals surface area (Å²) >= 11 is 0. The largest absolute Gasteiger partial charge is 0.455 e. The van der Waals surface area contributed by atoms with E-state index >= 15 is 0 Å². The van der Waals surface area contributed by atoms with Crippen molar-refractivity contribution in [2.45, 2.75) is 0 Å². The molecule has 272 valence electrons. The Hall–Kier alpha value is -7.68. The van der Waals surface area contributed by atoms with E-state index in [1.807, 2.05) is 12.1 Å². The summed E-state index contributed by atoms with van der Waals surface area (Å²) in [6.07, 6.45) is 0. The van der Waals surface area contributed by atoms with E-state index < -0.39 is 0 Å². The minimum atomic E-state index is 0.906. The molecule has 11 aromatic rings.